The molecular weight excluding hydrogens is 464 g/mol. The van der Waals surface area contributed by atoms with Crippen LogP contribution in [-0.2, 0) is 16.1 Å². The van der Waals surface area contributed by atoms with Crippen LogP contribution in [0, 0.1) is 0 Å². The van der Waals surface area contributed by atoms with Crippen LogP contribution in [0.15, 0.2) is 64.5 Å². The second-order valence-electron chi connectivity index (χ2n) is 6.89. The molecule has 0 spiro atoms. The Labute approximate surface area is 188 Å². The van der Waals surface area contributed by atoms with Crippen molar-refractivity contribution in [3.8, 4) is 11.5 Å². The zero-order valence-electron chi connectivity index (χ0n) is 17.3. The normalized spacial score (nSPS) is 15.2. The predicted molar refractivity (Wildman–Crippen MR) is 118 cm³/mol. The first kappa shape index (κ1) is 20.9. The Morgan fingerprint density at radius 1 is 1.23 bits per heavy atom. The summed E-state index contributed by atoms with van der Waals surface area (Å²) < 4.78 is 19.0. The van der Waals surface area contributed by atoms with Gasteiger partial charge in [0.25, 0.3) is 0 Å². The zero-order valence-corrected chi connectivity index (χ0v) is 18.8. The Morgan fingerprint density at radius 3 is 2.71 bits per heavy atom. The van der Waals surface area contributed by atoms with Gasteiger partial charge in [-0.15, -0.1) is 0 Å². The number of esters is 1. The monoisotopic (exact) mass is 484 g/mol. The summed E-state index contributed by atoms with van der Waals surface area (Å²) in [5, 5.41) is 7.41. The Bertz CT molecular complexity index is 1140. The smallest absolute Gasteiger partial charge is 0.338 e. The standard InChI is InChI=1S/C22H21BrN4O4/c1-13-18(21(28)30-3)19(27-22(26-13)24-12-25-27)15-9-16(23)20(17(10-15)29-2)31-11-14-7-5-4-6-8-14/h4-10,12,19H,11H2,1-3H3,(H,24,25,26)/t19-/m0/s1. The van der Waals surface area contributed by atoms with E-state index in [0.29, 0.717) is 39.8 Å². The molecule has 0 bridgehead atoms. The van der Waals surface area contributed by atoms with Crippen LogP contribution >= 0.6 is 15.9 Å². The van der Waals surface area contributed by atoms with Crippen LogP contribution in [0.3, 0.4) is 0 Å². The van der Waals surface area contributed by atoms with E-state index in [2.05, 4.69) is 31.3 Å². The van der Waals surface area contributed by atoms with Crippen molar-refractivity contribution in [1.82, 2.24) is 14.8 Å². The number of methoxy groups -OCH3 is 2. The van der Waals surface area contributed by atoms with Crippen molar-refractivity contribution >= 4 is 27.8 Å². The lowest BCUT2D eigenvalue weighted by atomic mass is 9.95. The first-order chi connectivity index (χ1) is 15.0. The Kier molecular flexibility index (Phi) is 5.94. The molecular formula is C22H21BrN4O4. The van der Waals surface area contributed by atoms with Crippen molar-refractivity contribution in [3.05, 3.63) is 75.7 Å². The van der Waals surface area contributed by atoms with Gasteiger partial charge in [0.05, 0.1) is 24.3 Å². The van der Waals surface area contributed by atoms with E-state index in [0.717, 1.165) is 11.1 Å². The Hall–Kier alpha value is -3.33. The number of hydrogen-bond donors (Lipinski definition) is 1. The largest absolute Gasteiger partial charge is 0.493 e. The zero-order chi connectivity index (χ0) is 22.0. The number of hydrogen-bond acceptors (Lipinski definition) is 7. The molecule has 3 aromatic rings. The number of rotatable bonds is 6. The molecule has 0 amide bonds. The predicted octanol–water partition coefficient (Wildman–Crippen LogP) is 4.09. The highest BCUT2D eigenvalue weighted by molar-refractivity contribution is 9.10. The summed E-state index contributed by atoms with van der Waals surface area (Å²) in [6.07, 6.45) is 1.44. The van der Waals surface area contributed by atoms with Gasteiger partial charge in [0.15, 0.2) is 11.5 Å². The first-order valence-corrected chi connectivity index (χ1v) is 10.3. The van der Waals surface area contributed by atoms with Gasteiger partial charge in [-0.3, -0.25) is 0 Å². The molecule has 1 aliphatic rings. The number of aromatic nitrogens is 3. The first-order valence-electron chi connectivity index (χ1n) is 9.53. The quantitative estimate of drug-likeness (QED) is 0.527. The van der Waals surface area contributed by atoms with Gasteiger partial charge in [-0.1, -0.05) is 30.3 Å². The number of benzene rings is 2. The second-order valence-corrected chi connectivity index (χ2v) is 7.75. The molecule has 0 saturated heterocycles. The topological polar surface area (TPSA) is 87.5 Å². The van der Waals surface area contributed by atoms with Crippen molar-refractivity contribution in [2.45, 2.75) is 19.6 Å². The lowest BCUT2D eigenvalue weighted by Gasteiger charge is -2.28. The number of carbonyl (C=O) groups excluding carboxylic acids is 1. The van der Waals surface area contributed by atoms with Gasteiger partial charge in [0, 0.05) is 5.70 Å². The van der Waals surface area contributed by atoms with Gasteiger partial charge in [-0.05, 0) is 46.1 Å². The fourth-order valence-electron chi connectivity index (χ4n) is 3.54. The third kappa shape index (κ3) is 4.00. The highest BCUT2D eigenvalue weighted by atomic mass is 79.9. The summed E-state index contributed by atoms with van der Waals surface area (Å²) in [5.41, 5.74) is 2.89. The minimum absolute atomic E-state index is 0.391. The molecule has 0 fully saturated rings. The van der Waals surface area contributed by atoms with Crippen LogP contribution in [0.2, 0.25) is 0 Å². The lowest BCUT2D eigenvalue weighted by molar-refractivity contribution is -0.136. The van der Waals surface area contributed by atoms with Crippen molar-refractivity contribution in [3.63, 3.8) is 0 Å². The molecule has 1 aromatic heterocycles. The van der Waals surface area contributed by atoms with Crippen LogP contribution in [-0.4, -0.2) is 35.0 Å². The molecule has 1 aliphatic heterocycles. The van der Waals surface area contributed by atoms with E-state index in [1.807, 2.05) is 42.5 Å². The Balaban J connectivity index is 1.75. The van der Waals surface area contributed by atoms with Crippen molar-refractivity contribution in [1.29, 1.82) is 0 Å². The summed E-state index contributed by atoms with van der Waals surface area (Å²) in [4.78, 5) is 16.8. The molecule has 0 aliphatic carbocycles. The van der Waals surface area contributed by atoms with Crippen molar-refractivity contribution in [2.75, 3.05) is 19.5 Å². The number of allylic oxidation sites excluding steroid dienone is 1. The molecule has 1 N–H and O–H groups in total. The molecule has 2 aromatic carbocycles. The van der Waals surface area contributed by atoms with Gasteiger partial charge in [-0.25, -0.2) is 9.48 Å². The summed E-state index contributed by atoms with van der Waals surface area (Å²) in [7, 11) is 2.93. The van der Waals surface area contributed by atoms with Crippen LogP contribution in [0.5, 0.6) is 11.5 Å². The molecule has 160 valence electrons. The van der Waals surface area contributed by atoms with Crippen molar-refractivity contribution < 1.29 is 19.0 Å². The van der Waals surface area contributed by atoms with Crippen LogP contribution in [0.4, 0.5) is 5.95 Å². The van der Waals surface area contributed by atoms with Gasteiger partial charge in [-0.2, -0.15) is 10.1 Å². The van der Waals surface area contributed by atoms with Crippen LogP contribution in [0.25, 0.3) is 0 Å². The molecule has 0 radical (unpaired) electrons. The molecule has 1 atom stereocenters. The maximum Gasteiger partial charge on any atom is 0.338 e. The SMILES string of the molecule is COC(=O)C1=C(C)Nc2ncnn2[C@H]1c1cc(Br)c(OCc2ccccc2)c(OC)c1. The van der Waals surface area contributed by atoms with Crippen LogP contribution in [0.1, 0.15) is 24.1 Å². The van der Waals surface area contributed by atoms with E-state index in [4.69, 9.17) is 14.2 Å². The Morgan fingerprint density at radius 2 is 2.00 bits per heavy atom. The molecule has 4 rings (SSSR count). The van der Waals surface area contributed by atoms with Gasteiger partial charge >= 0.3 is 5.97 Å². The van der Waals surface area contributed by atoms with Crippen LogP contribution < -0.4 is 14.8 Å². The van der Waals surface area contributed by atoms with Gasteiger partial charge < -0.3 is 19.5 Å². The summed E-state index contributed by atoms with van der Waals surface area (Å²) in [5.74, 6) is 1.19. The lowest BCUT2D eigenvalue weighted by Crippen LogP contribution is -2.29. The molecule has 0 unspecified atom stereocenters. The third-order valence-electron chi connectivity index (χ3n) is 4.99. The summed E-state index contributed by atoms with van der Waals surface area (Å²) in [6, 6.07) is 13.1. The fourth-order valence-corrected chi connectivity index (χ4v) is 4.12. The average molecular weight is 485 g/mol. The number of anilines is 1. The van der Waals surface area contributed by atoms with Gasteiger partial charge in [0.2, 0.25) is 5.95 Å². The molecule has 9 heteroatoms. The second kappa shape index (κ2) is 8.81. The number of fused-ring (bicyclic) bond motifs is 1. The highest BCUT2D eigenvalue weighted by Crippen LogP contribution is 2.42. The maximum absolute atomic E-state index is 12.6. The van der Waals surface area contributed by atoms with E-state index < -0.39 is 12.0 Å². The molecule has 8 nitrogen and oxygen atoms in total. The minimum atomic E-state index is -0.542. The highest BCUT2D eigenvalue weighted by Gasteiger charge is 2.35. The van der Waals surface area contributed by atoms with Gasteiger partial charge in [0.1, 0.15) is 19.0 Å². The summed E-state index contributed by atoms with van der Waals surface area (Å²) >= 11 is 3.60. The molecule has 0 saturated carbocycles. The van der Waals surface area contributed by atoms with E-state index >= 15 is 0 Å². The van der Waals surface area contributed by atoms with Crippen molar-refractivity contribution in [2.24, 2.45) is 0 Å². The van der Waals surface area contributed by atoms with E-state index in [-0.39, 0.29) is 0 Å². The number of nitrogens with one attached hydrogen (secondary N) is 1. The third-order valence-corrected chi connectivity index (χ3v) is 5.58. The fraction of sp³-hybridized carbons (Fsp3) is 0.227. The average Bonchev–Trinajstić information content (AvgIpc) is 3.25. The van der Waals surface area contributed by atoms with E-state index in [1.54, 1.807) is 18.7 Å². The number of carbonyl (C=O) groups is 1. The molecule has 2 heterocycles. The summed E-state index contributed by atoms with van der Waals surface area (Å²) in [6.45, 7) is 2.20. The van der Waals surface area contributed by atoms with E-state index in [9.17, 15) is 4.79 Å². The maximum atomic E-state index is 12.6. The number of nitrogens with zero attached hydrogens (tertiary/aromatic N) is 3. The minimum Gasteiger partial charge on any atom is -0.493 e. The number of halogens is 1. The molecule has 31 heavy (non-hydrogen) atoms. The number of ether oxygens (including phenoxy) is 3. The van der Waals surface area contributed by atoms with E-state index in [1.165, 1.54) is 13.4 Å².